The molecule has 0 fully saturated rings. The minimum absolute atomic E-state index is 0.270. The number of rotatable bonds is 5. The standard InChI is InChI=1S/C14H16ClFN2S/c1-3-17-8-13-9(2)18-14(19-13)7-10-11(15)5-4-6-12(10)16/h4-6,17H,3,7-8H2,1-2H3. The van der Waals surface area contributed by atoms with Crippen molar-refractivity contribution in [1.29, 1.82) is 0 Å². The Morgan fingerprint density at radius 3 is 2.89 bits per heavy atom. The van der Waals surface area contributed by atoms with Gasteiger partial charge in [-0.1, -0.05) is 24.6 Å². The van der Waals surface area contributed by atoms with Gasteiger partial charge < -0.3 is 5.32 Å². The summed E-state index contributed by atoms with van der Waals surface area (Å²) in [6.45, 7) is 5.78. The van der Waals surface area contributed by atoms with Gasteiger partial charge in [-0.25, -0.2) is 9.37 Å². The Bertz CT molecular complexity index is 548. The summed E-state index contributed by atoms with van der Waals surface area (Å²) in [5, 5.41) is 4.64. The predicted molar refractivity (Wildman–Crippen MR) is 78.4 cm³/mol. The topological polar surface area (TPSA) is 24.9 Å². The molecule has 0 aliphatic heterocycles. The molecule has 2 rings (SSSR count). The van der Waals surface area contributed by atoms with E-state index in [0.717, 1.165) is 23.8 Å². The van der Waals surface area contributed by atoms with E-state index < -0.39 is 0 Å². The van der Waals surface area contributed by atoms with Crippen molar-refractivity contribution >= 4 is 22.9 Å². The molecule has 1 aromatic heterocycles. The molecular formula is C14H16ClFN2S. The van der Waals surface area contributed by atoms with Crippen molar-refractivity contribution < 1.29 is 4.39 Å². The van der Waals surface area contributed by atoms with Crippen LogP contribution in [0.3, 0.4) is 0 Å². The highest BCUT2D eigenvalue weighted by Crippen LogP contribution is 2.26. The molecule has 2 nitrogen and oxygen atoms in total. The van der Waals surface area contributed by atoms with Crippen LogP contribution in [0.15, 0.2) is 18.2 Å². The van der Waals surface area contributed by atoms with Crippen LogP contribution in [0.4, 0.5) is 4.39 Å². The van der Waals surface area contributed by atoms with E-state index in [-0.39, 0.29) is 5.82 Å². The summed E-state index contributed by atoms with van der Waals surface area (Å²) < 4.78 is 13.7. The maximum atomic E-state index is 13.7. The van der Waals surface area contributed by atoms with Gasteiger partial charge in [0, 0.05) is 28.4 Å². The van der Waals surface area contributed by atoms with E-state index in [0.29, 0.717) is 17.0 Å². The molecule has 1 aromatic carbocycles. The number of aromatic nitrogens is 1. The maximum Gasteiger partial charge on any atom is 0.128 e. The van der Waals surface area contributed by atoms with Gasteiger partial charge in [-0.3, -0.25) is 0 Å². The van der Waals surface area contributed by atoms with Gasteiger partial charge in [0.2, 0.25) is 0 Å². The molecule has 0 amide bonds. The first kappa shape index (κ1) is 14.4. The first-order chi connectivity index (χ1) is 9.11. The summed E-state index contributed by atoms with van der Waals surface area (Å²) in [7, 11) is 0. The molecule has 19 heavy (non-hydrogen) atoms. The summed E-state index contributed by atoms with van der Waals surface area (Å²) in [5.74, 6) is -0.270. The van der Waals surface area contributed by atoms with Crippen LogP contribution in [0.5, 0.6) is 0 Å². The number of hydrogen-bond donors (Lipinski definition) is 1. The lowest BCUT2D eigenvalue weighted by Gasteiger charge is -2.02. The first-order valence-corrected chi connectivity index (χ1v) is 7.40. The SMILES string of the molecule is CCNCc1sc(Cc2c(F)cccc2Cl)nc1C. The highest BCUT2D eigenvalue weighted by molar-refractivity contribution is 7.11. The molecule has 0 bridgehead atoms. The van der Waals surface area contributed by atoms with Crippen molar-refractivity contribution in [2.24, 2.45) is 0 Å². The molecule has 0 atom stereocenters. The normalized spacial score (nSPS) is 10.9. The molecule has 0 aliphatic carbocycles. The summed E-state index contributed by atoms with van der Waals surface area (Å²) in [6.07, 6.45) is 0.448. The Labute approximate surface area is 121 Å². The second kappa shape index (κ2) is 6.46. The van der Waals surface area contributed by atoms with E-state index in [1.807, 2.05) is 6.92 Å². The molecule has 0 saturated heterocycles. The first-order valence-electron chi connectivity index (χ1n) is 6.20. The van der Waals surface area contributed by atoms with Crippen molar-refractivity contribution in [3.8, 4) is 0 Å². The number of benzene rings is 1. The third kappa shape index (κ3) is 3.53. The van der Waals surface area contributed by atoms with Crippen molar-refractivity contribution in [1.82, 2.24) is 10.3 Å². The molecule has 1 N–H and O–H groups in total. The van der Waals surface area contributed by atoms with E-state index in [4.69, 9.17) is 11.6 Å². The summed E-state index contributed by atoms with van der Waals surface area (Å²) >= 11 is 7.65. The van der Waals surface area contributed by atoms with Crippen LogP contribution in [0.2, 0.25) is 5.02 Å². The largest absolute Gasteiger partial charge is 0.312 e. The van der Waals surface area contributed by atoms with Crippen LogP contribution >= 0.6 is 22.9 Å². The van der Waals surface area contributed by atoms with E-state index in [1.165, 1.54) is 10.9 Å². The predicted octanol–water partition coefficient (Wildman–Crippen LogP) is 3.94. The van der Waals surface area contributed by atoms with Crippen LogP contribution in [0, 0.1) is 12.7 Å². The molecular weight excluding hydrogens is 283 g/mol. The van der Waals surface area contributed by atoms with Crippen LogP contribution in [0.25, 0.3) is 0 Å². The van der Waals surface area contributed by atoms with Crippen molar-refractivity contribution in [2.45, 2.75) is 26.8 Å². The Balaban J connectivity index is 2.19. The van der Waals surface area contributed by atoms with Crippen LogP contribution in [-0.2, 0) is 13.0 Å². The second-order valence-electron chi connectivity index (χ2n) is 4.27. The fraction of sp³-hybridized carbons (Fsp3) is 0.357. The lowest BCUT2D eigenvalue weighted by Crippen LogP contribution is -2.11. The Morgan fingerprint density at radius 2 is 2.21 bits per heavy atom. The number of nitrogens with one attached hydrogen (secondary N) is 1. The van der Waals surface area contributed by atoms with Gasteiger partial charge in [0.05, 0.1) is 10.7 Å². The van der Waals surface area contributed by atoms with E-state index in [9.17, 15) is 4.39 Å². The molecule has 0 saturated carbocycles. The molecule has 1 heterocycles. The number of halogens is 2. The molecule has 0 spiro atoms. The zero-order valence-electron chi connectivity index (χ0n) is 11.0. The molecule has 0 unspecified atom stereocenters. The average molecular weight is 299 g/mol. The minimum Gasteiger partial charge on any atom is -0.312 e. The van der Waals surface area contributed by atoms with Gasteiger partial charge in [-0.15, -0.1) is 11.3 Å². The lowest BCUT2D eigenvalue weighted by molar-refractivity contribution is 0.614. The third-order valence-corrected chi connectivity index (χ3v) is 4.37. The summed E-state index contributed by atoms with van der Waals surface area (Å²) in [6, 6.07) is 4.76. The van der Waals surface area contributed by atoms with Gasteiger partial charge in [-0.05, 0) is 25.6 Å². The van der Waals surface area contributed by atoms with Gasteiger partial charge in [-0.2, -0.15) is 0 Å². The average Bonchev–Trinajstić information content (AvgIpc) is 2.72. The van der Waals surface area contributed by atoms with Gasteiger partial charge >= 0.3 is 0 Å². The summed E-state index contributed by atoms with van der Waals surface area (Å²) in [5.41, 5.74) is 1.53. The highest BCUT2D eigenvalue weighted by Gasteiger charge is 2.12. The van der Waals surface area contributed by atoms with E-state index in [1.54, 1.807) is 23.5 Å². The monoisotopic (exact) mass is 298 g/mol. The number of nitrogens with zero attached hydrogens (tertiary/aromatic N) is 1. The second-order valence-corrected chi connectivity index (χ2v) is 5.85. The fourth-order valence-corrected chi connectivity index (χ4v) is 3.10. The van der Waals surface area contributed by atoms with Crippen molar-refractivity contribution in [3.05, 3.63) is 50.2 Å². The Morgan fingerprint density at radius 1 is 1.42 bits per heavy atom. The van der Waals surface area contributed by atoms with Gasteiger partial charge in [0.1, 0.15) is 5.82 Å². The molecule has 0 radical (unpaired) electrons. The smallest absolute Gasteiger partial charge is 0.128 e. The van der Waals surface area contributed by atoms with Crippen molar-refractivity contribution in [3.63, 3.8) is 0 Å². The number of hydrogen-bond acceptors (Lipinski definition) is 3. The molecule has 5 heteroatoms. The zero-order valence-corrected chi connectivity index (χ0v) is 12.5. The van der Waals surface area contributed by atoms with Crippen LogP contribution < -0.4 is 5.32 Å². The van der Waals surface area contributed by atoms with Crippen LogP contribution in [-0.4, -0.2) is 11.5 Å². The molecule has 2 aromatic rings. The van der Waals surface area contributed by atoms with Crippen LogP contribution in [0.1, 0.15) is 28.1 Å². The highest BCUT2D eigenvalue weighted by atomic mass is 35.5. The number of aryl methyl sites for hydroxylation is 1. The minimum atomic E-state index is -0.270. The lowest BCUT2D eigenvalue weighted by atomic mass is 10.1. The van der Waals surface area contributed by atoms with Gasteiger partial charge in [0.25, 0.3) is 0 Å². The third-order valence-electron chi connectivity index (χ3n) is 2.86. The van der Waals surface area contributed by atoms with E-state index in [2.05, 4.69) is 17.2 Å². The summed E-state index contributed by atoms with van der Waals surface area (Å²) in [4.78, 5) is 5.69. The molecule has 0 aliphatic rings. The molecule has 102 valence electrons. The Kier molecular flexibility index (Phi) is 4.91. The van der Waals surface area contributed by atoms with E-state index >= 15 is 0 Å². The zero-order chi connectivity index (χ0) is 13.8. The number of thiazole rings is 1. The maximum absolute atomic E-state index is 13.7. The quantitative estimate of drug-likeness (QED) is 0.904. The fourth-order valence-electron chi connectivity index (χ4n) is 1.82. The Hall–Kier alpha value is -0.970. The van der Waals surface area contributed by atoms with Crippen molar-refractivity contribution in [2.75, 3.05) is 6.54 Å². The van der Waals surface area contributed by atoms with Gasteiger partial charge in [0.15, 0.2) is 0 Å².